The number of nitrogens with one attached hydrogen (secondary N) is 2. The summed E-state index contributed by atoms with van der Waals surface area (Å²) in [6, 6.07) is 8.30. The van der Waals surface area contributed by atoms with E-state index in [1.54, 1.807) is 13.0 Å². The number of carbonyl (C=O) groups is 1. The topological polar surface area (TPSA) is 87.3 Å². The lowest BCUT2D eigenvalue weighted by Crippen LogP contribution is -2.40. The third-order valence-electron chi connectivity index (χ3n) is 6.74. The van der Waals surface area contributed by atoms with Gasteiger partial charge in [-0.15, -0.1) is 0 Å². The van der Waals surface area contributed by atoms with Gasteiger partial charge in [0.2, 0.25) is 5.91 Å². The van der Waals surface area contributed by atoms with Crippen molar-refractivity contribution < 1.29 is 27.1 Å². The van der Waals surface area contributed by atoms with Crippen molar-refractivity contribution in [2.45, 2.75) is 38.9 Å². The zero-order valence-corrected chi connectivity index (χ0v) is 22.0. The number of hydrogen-bond donors (Lipinski definition) is 2. The van der Waals surface area contributed by atoms with Gasteiger partial charge >= 0.3 is 6.18 Å². The highest BCUT2D eigenvalue weighted by Crippen LogP contribution is 2.38. The zero-order chi connectivity index (χ0) is 28.3. The molecule has 1 fully saturated rings. The predicted molar refractivity (Wildman–Crippen MR) is 139 cm³/mol. The van der Waals surface area contributed by atoms with Crippen molar-refractivity contribution in [1.29, 1.82) is 0 Å². The summed E-state index contributed by atoms with van der Waals surface area (Å²) < 4.78 is 61.9. The van der Waals surface area contributed by atoms with Gasteiger partial charge in [0.15, 0.2) is 0 Å². The smallest absolute Gasteiger partial charge is 0.417 e. The molecule has 2 aromatic carbocycles. The van der Waals surface area contributed by atoms with Crippen LogP contribution in [0.1, 0.15) is 36.6 Å². The number of carbonyl (C=O) groups excluding carboxylic acids is 1. The van der Waals surface area contributed by atoms with E-state index in [2.05, 4.69) is 20.2 Å². The average molecular weight is 567 g/mol. The van der Waals surface area contributed by atoms with Gasteiger partial charge in [-0.2, -0.15) is 13.2 Å². The minimum atomic E-state index is -4.89. The number of hydrogen-bond acceptors (Lipinski definition) is 5. The largest absolute Gasteiger partial charge is 0.495 e. The number of halogens is 5. The molecule has 0 atom stereocenters. The molecule has 1 aromatic heterocycles. The van der Waals surface area contributed by atoms with Gasteiger partial charge < -0.3 is 19.9 Å². The fourth-order valence-electron chi connectivity index (χ4n) is 4.60. The van der Waals surface area contributed by atoms with Crippen LogP contribution in [0.2, 0.25) is 5.02 Å². The molecule has 0 spiro atoms. The van der Waals surface area contributed by atoms with Crippen LogP contribution in [0.15, 0.2) is 41.2 Å². The molecule has 2 heterocycles. The molecule has 1 amide bonds. The number of aryl methyl sites for hydroxylation is 1. The summed E-state index contributed by atoms with van der Waals surface area (Å²) >= 11 is 6.09. The van der Waals surface area contributed by atoms with Crippen LogP contribution in [0.3, 0.4) is 0 Å². The minimum absolute atomic E-state index is 0.151. The van der Waals surface area contributed by atoms with Gasteiger partial charge in [0.05, 0.1) is 23.3 Å². The number of nitrogens with zero attached hydrogens (tertiary/aromatic N) is 2. The van der Waals surface area contributed by atoms with Crippen LogP contribution in [0, 0.1) is 11.7 Å². The van der Waals surface area contributed by atoms with Gasteiger partial charge in [-0.3, -0.25) is 9.59 Å². The third kappa shape index (κ3) is 6.35. The molecular weight excluding hydrogens is 540 g/mol. The Bertz CT molecular complexity index is 1420. The van der Waals surface area contributed by atoms with Crippen LogP contribution in [0.25, 0.3) is 11.4 Å². The molecule has 4 rings (SSSR count). The summed E-state index contributed by atoms with van der Waals surface area (Å²) in [7, 11) is 1.53. The molecule has 1 aliphatic heterocycles. The Hall–Kier alpha value is -3.60. The van der Waals surface area contributed by atoms with E-state index >= 15 is 4.39 Å². The number of methoxy groups -OCH3 is 1. The molecule has 0 unspecified atom stereocenters. The van der Waals surface area contributed by atoms with E-state index in [4.69, 9.17) is 16.3 Å². The van der Waals surface area contributed by atoms with E-state index in [0.717, 1.165) is 23.9 Å². The Morgan fingerprint density at radius 1 is 1.21 bits per heavy atom. The molecule has 0 bridgehead atoms. The number of H-pyrrole nitrogens is 1. The summed E-state index contributed by atoms with van der Waals surface area (Å²) in [5.41, 5.74) is -1.82. The van der Waals surface area contributed by atoms with Crippen molar-refractivity contribution >= 4 is 23.2 Å². The second-order valence-electron chi connectivity index (χ2n) is 9.20. The number of amides is 1. The molecule has 3 aromatic rings. The highest BCUT2D eigenvalue weighted by Gasteiger charge is 2.37. The molecule has 12 heteroatoms. The minimum Gasteiger partial charge on any atom is -0.495 e. The second kappa shape index (κ2) is 11.6. The normalized spacial score (nSPS) is 14.4. The van der Waals surface area contributed by atoms with Crippen LogP contribution in [0.4, 0.5) is 23.2 Å². The van der Waals surface area contributed by atoms with Gasteiger partial charge in [0.25, 0.3) is 5.56 Å². The van der Waals surface area contributed by atoms with Crippen LogP contribution in [-0.4, -0.2) is 36.1 Å². The molecule has 1 saturated heterocycles. The predicted octanol–water partition coefficient (Wildman–Crippen LogP) is 5.35. The summed E-state index contributed by atoms with van der Waals surface area (Å²) in [5.74, 6) is -1.82. The first-order valence-corrected chi connectivity index (χ1v) is 12.7. The SMILES string of the molecule is CCc1cc(=O)[nH]c(-c2c(C(F)(F)F)ccc(CNC(=O)C3CCN(c4ccc(Cl)c(OC)c4)CC3)c2F)n1. The van der Waals surface area contributed by atoms with Gasteiger partial charge in [0, 0.05) is 54.6 Å². The van der Waals surface area contributed by atoms with E-state index in [9.17, 15) is 22.8 Å². The standard InChI is InChI=1S/C27H27ClF4N4O3/c1-3-17-12-22(37)35-25(34-17)23-19(27(30,31)32)6-4-16(24(23)29)14-33-26(38)15-8-10-36(11-9-15)18-5-7-20(28)21(13-18)39-2/h4-7,12-13,15H,3,8-11,14H2,1-2H3,(H,33,38)(H,34,35,37). The Morgan fingerprint density at radius 3 is 2.56 bits per heavy atom. The second-order valence-corrected chi connectivity index (χ2v) is 9.60. The molecule has 2 N–H and O–H groups in total. The van der Waals surface area contributed by atoms with E-state index in [1.165, 1.54) is 7.11 Å². The van der Waals surface area contributed by atoms with E-state index in [-0.39, 0.29) is 36.0 Å². The average Bonchev–Trinajstić information content (AvgIpc) is 2.91. The Morgan fingerprint density at radius 2 is 1.92 bits per heavy atom. The Labute approximate surface area is 227 Å². The number of rotatable bonds is 7. The fraction of sp³-hybridized carbons (Fsp3) is 0.370. The number of anilines is 1. The van der Waals surface area contributed by atoms with E-state index < -0.39 is 34.5 Å². The Balaban J connectivity index is 1.48. The van der Waals surface area contributed by atoms with Gasteiger partial charge in [-0.05, 0) is 37.5 Å². The van der Waals surface area contributed by atoms with E-state index in [0.29, 0.717) is 36.7 Å². The maximum Gasteiger partial charge on any atom is 0.417 e. The maximum atomic E-state index is 15.5. The monoisotopic (exact) mass is 566 g/mol. The fourth-order valence-corrected chi connectivity index (χ4v) is 4.80. The lowest BCUT2D eigenvalue weighted by Gasteiger charge is -2.33. The highest BCUT2D eigenvalue weighted by molar-refractivity contribution is 6.32. The van der Waals surface area contributed by atoms with Crippen molar-refractivity contribution in [2.24, 2.45) is 5.92 Å². The molecule has 1 aliphatic rings. The molecule has 7 nitrogen and oxygen atoms in total. The number of ether oxygens (including phenoxy) is 1. The van der Waals surface area contributed by atoms with Crippen LogP contribution < -0.4 is 20.5 Å². The first kappa shape index (κ1) is 28.4. The van der Waals surface area contributed by atoms with Gasteiger partial charge in [-0.1, -0.05) is 24.6 Å². The third-order valence-corrected chi connectivity index (χ3v) is 7.05. The molecular formula is C27H27ClF4N4O3. The molecule has 208 valence electrons. The van der Waals surface area contributed by atoms with Gasteiger partial charge in [-0.25, -0.2) is 9.37 Å². The first-order valence-electron chi connectivity index (χ1n) is 12.4. The lowest BCUT2D eigenvalue weighted by atomic mass is 9.95. The van der Waals surface area contributed by atoms with Crippen LogP contribution in [-0.2, 0) is 23.9 Å². The van der Waals surface area contributed by atoms with Crippen LogP contribution >= 0.6 is 11.6 Å². The molecule has 0 radical (unpaired) electrons. The molecule has 0 aliphatic carbocycles. The number of benzene rings is 2. The number of aromatic amines is 1. The van der Waals surface area contributed by atoms with Crippen molar-refractivity contribution in [2.75, 3.05) is 25.1 Å². The molecule has 0 saturated carbocycles. The zero-order valence-electron chi connectivity index (χ0n) is 21.3. The molecule has 39 heavy (non-hydrogen) atoms. The van der Waals surface area contributed by atoms with Crippen LogP contribution in [0.5, 0.6) is 5.75 Å². The number of alkyl halides is 3. The lowest BCUT2D eigenvalue weighted by molar-refractivity contribution is -0.137. The van der Waals surface area contributed by atoms with Crippen molar-refractivity contribution in [3.63, 3.8) is 0 Å². The van der Waals surface area contributed by atoms with E-state index in [1.807, 2.05) is 12.1 Å². The summed E-state index contributed by atoms with van der Waals surface area (Å²) in [4.78, 5) is 33.2. The number of aromatic nitrogens is 2. The number of piperidine rings is 1. The van der Waals surface area contributed by atoms with Gasteiger partial charge in [0.1, 0.15) is 17.4 Å². The summed E-state index contributed by atoms with van der Waals surface area (Å²) in [6.07, 6.45) is -3.54. The maximum absolute atomic E-state index is 15.5. The van der Waals surface area contributed by atoms with Crippen molar-refractivity contribution in [3.05, 3.63) is 74.4 Å². The van der Waals surface area contributed by atoms with Crippen molar-refractivity contribution in [1.82, 2.24) is 15.3 Å². The first-order chi connectivity index (χ1) is 18.5. The summed E-state index contributed by atoms with van der Waals surface area (Å²) in [6.45, 7) is 2.54. The Kier molecular flexibility index (Phi) is 8.48. The quantitative estimate of drug-likeness (QED) is 0.376. The van der Waals surface area contributed by atoms with Crippen molar-refractivity contribution in [3.8, 4) is 17.1 Å². The summed E-state index contributed by atoms with van der Waals surface area (Å²) in [5, 5.41) is 3.15. The highest BCUT2D eigenvalue weighted by atomic mass is 35.5.